The van der Waals surface area contributed by atoms with Gasteiger partial charge in [0, 0.05) is 12.2 Å². The average molecular weight is 370 g/mol. The molecule has 3 N–H and O–H groups in total. The van der Waals surface area contributed by atoms with Crippen LogP contribution in [0.3, 0.4) is 0 Å². The number of aliphatic carboxylic acids is 1. The Morgan fingerprint density at radius 1 is 1.04 bits per heavy atom. The van der Waals surface area contributed by atoms with Gasteiger partial charge in [0.05, 0.1) is 24.6 Å². The third-order valence-corrected chi connectivity index (χ3v) is 3.75. The zero-order valence-corrected chi connectivity index (χ0v) is 15.0. The van der Waals surface area contributed by atoms with E-state index in [0.29, 0.717) is 17.8 Å². The lowest BCUT2D eigenvalue weighted by atomic mass is 10.1. The molecular formula is C20H22N2O5. The molecular weight excluding hydrogens is 348 g/mol. The summed E-state index contributed by atoms with van der Waals surface area (Å²) in [7, 11) is 0. The van der Waals surface area contributed by atoms with Crippen molar-refractivity contribution < 1.29 is 24.2 Å². The standard InChI is InChI=1S/C20H22N2O5/c1-2-27-20(26)15-8-10-16(11-9-15)22-19(25)17(12-18(23)24)21-13-14-6-4-3-5-7-14/h3-11,17,21H,2,12-13H2,1H3,(H,22,25)(H,23,24). The smallest absolute Gasteiger partial charge is 0.338 e. The molecule has 0 aromatic heterocycles. The Morgan fingerprint density at radius 3 is 2.30 bits per heavy atom. The molecule has 0 fully saturated rings. The monoisotopic (exact) mass is 370 g/mol. The molecule has 27 heavy (non-hydrogen) atoms. The Hall–Kier alpha value is -3.19. The van der Waals surface area contributed by atoms with Crippen LogP contribution in [-0.4, -0.2) is 35.6 Å². The first-order chi connectivity index (χ1) is 13.0. The Kier molecular flexibility index (Phi) is 7.51. The van der Waals surface area contributed by atoms with Crippen LogP contribution in [0, 0.1) is 0 Å². The number of ether oxygens (including phenoxy) is 1. The summed E-state index contributed by atoms with van der Waals surface area (Å²) in [5.74, 6) is -1.98. The molecule has 0 bridgehead atoms. The molecule has 1 atom stereocenters. The molecule has 0 saturated carbocycles. The maximum absolute atomic E-state index is 12.5. The molecule has 1 amide bonds. The highest BCUT2D eigenvalue weighted by Crippen LogP contribution is 2.12. The summed E-state index contributed by atoms with van der Waals surface area (Å²) in [5.41, 5.74) is 1.78. The van der Waals surface area contributed by atoms with E-state index in [0.717, 1.165) is 5.56 Å². The highest BCUT2D eigenvalue weighted by atomic mass is 16.5. The molecule has 0 aliphatic heterocycles. The Balaban J connectivity index is 2.00. The fourth-order valence-electron chi connectivity index (χ4n) is 2.40. The van der Waals surface area contributed by atoms with Gasteiger partial charge in [0.2, 0.25) is 5.91 Å². The third-order valence-electron chi connectivity index (χ3n) is 3.75. The van der Waals surface area contributed by atoms with Gasteiger partial charge in [0.15, 0.2) is 0 Å². The van der Waals surface area contributed by atoms with Gasteiger partial charge in [-0.15, -0.1) is 0 Å². The molecule has 0 saturated heterocycles. The van der Waals surface area contributed by atoms with Gasteiger partial charge in [-0.2, -0.15) is 0 Å². The number of benzene rings is 2. The third kappa shape index (κ3) is 6.56. The maximum Gasteiger partial charge on any atom is 0.338 e. The number of nitrogens with one attached hydrogen (secondary N) is 2. The number of carboxylic acid groups (broad SMARTS) is 1. The number of carboxylic acids is 1. The van der Waals surface area contributed by atoms with Crippen LogP contribution in [0.25, 0.3) is 0 Å². The van der Waals surface area contributed by atoms with Gasteiger partial charge >= 0.3 is 11.9 Å². The molecule has 0 spiro atoms. The number of amides is 1. The van der Waals surface area contributed by atoms with Gasteiger partial charge in [-0.25, -0.2) is 4.79 Å². The maximum atomic E-state index is 12.5. The van der Waals surface area contributed by atoms with E-state index in [4.69, 9.17) is 9.84 Å². The molecule has 142 valence electrons. The van der Waals surface area contributed by atoms with Gasteiger partial charge in [0.25, 0.3) is 0 Å². The lowest BCUT2D eigenvalue weighted by Crippen LogP contribution is -2.41. The van der Waals surface area contributed by atoms with Crippen molar-refractivity contribution in [2.45, 2.75) is 25.9 Å². The van der Waals surface area contributed by atoms with Crippen molar-refractivity contribution >= 4 is 23.5 Å². The van der Waals surface area contributed by atoms with Gasteiger partial charge in [0.1, 0.15) is 0 Å². The molecule has 0 aliphatic rings. The van der Waals surface area contributed by atoms with Crippen molar-refractivity contribution in [1.82, 2.24) is 5.32 Å². The minimum absolute atomic E-state index is 0.279. The molecule has 1 unspecified atom stereocenters. The Bertz CT molecular complexity index is 775. The van der Waals surface area contributed by atoms with Crippen molar-refractivity contribution in [3.8, 4) is 0 Å². The van der Waals surface area contributed by atoms with Crippen LogP contribution in [-0.2, 0) is 20.9 Å². The summed E-state index contributed by atoms with van der Waals surface area (Å²) >= 11 is 0. The zero-order valence-electron chi connectivity index (χ0n) is 15.0. The summed E-state index contributed by atoms with van der Waals surface area (Å²) in [4.78, 5) is 35.2. The number of carbonyl (C=O) groups is 3. The first kappa shape index (κ1) is 20.1. The topological polar surface area (TPSA) is 105 Å². The average Bonchev–Trinajstić information content (AvgIpc) is 2.66. The van der Waals surface area contributed by atoms with E-state index in [1.807, 2.05) is 30.3 Å². The van der Waals surface area contributed by atoms with Crippen molar-refractivity contribution in [3.05, 3.63) is 65.7 Å². The van der Waals surface area contributed by atoms with E-state index >= 15 is 0 Å². The second-order valence-corrected chi connectivity index (χ2v) is 5.80. The fourth-order valence-corrected chi connectivity index (χ4v) is 2.40. The Morgan fingerprint density at radius 2 is 1.70 bits per heavy atom. The van der Waals surface area contributed by atoms with Crippen molar-refractivity contribution in [1.29, 1.82) is 0 Å². The molecule has 7 nitrogen and oxygen atoms in total. The first-order valence-electron chi connectivity index (χ1n) is 8.56. The first-order valence-corrected chi connectivity index (χ1v) is 8.56. The van der Waals surface area contributed by atoms with Gasteiger partial charge in [-0.05, 0) is 36.8 Å². The zero-order chi connectivity index (χ0) is 19.6. The lowest BCUT2D eigenvalue weighted by molar-refractivity contribution is -0.139. The minimum atomic E-state index is -1.08. The molecule has 2 rings (SSSR count). The van der Waals surface area contributed by atoms with E-state index in [2.05, 4.69) is 10.6 Å². The fraction of sp³-hybridized carbons (Fsp3) is 0.250. The van der Waals surface area contributed by atoms with E-state index < -0.39 is 23.9 Å². The molecule has 0 heterocycles. The number of anilines is 1. The van der Waals surface area contributed by atoms with Gasteiger partial charge in [-0.3, -0.25) is 9.59 Å². The molecule has 7 heteroatoms. The van der Waals surface area contributed by atoms with Crippen molar-refractivity contribution in [2.75, 3.05) is 11.9 Å². The van der Waals surface area contributed by atoms with E-state index in [9.17, 15) is 14.4 Å². The van der Waals surface area contributed by atoms with Crippen molar-refractivity contribution in [3.63, 3.8) is 0 Å². The van der Waals surface area contributed by atoms with Gasteiger partial charge in [-0.1, -0.05) is 30.3 Å². The highest BCUT2D eigenvalue weighted by molar-refractivity contribution is 5.97. The van der Waals surface area contributed by atoms with Gasteiger partial charge < -0.3 is 20.5 Å². The summed E-state index contributed by atoms with van der Waals surface area (Å²) in [6.07, 6.45) is -0.348. The molecule has 2 aromatic carbocycles. The van der Waals surface area contributed by atoms with E-state index in [1.54, 1.807) is 19.1 Å². The van der Waals surface area contributed by atoms with Crippen LogP contribution in [0.4, 0.5) is 5.69 Å². The Labute approximate surface area is 157 Å². The summed E-state index contributed by atoms with van der Waals surface area (Å²) in [5, 5.41) is 14.7. The van der Waals surface area contributed by atoms with Crippen LogP contribution in [0.15, 0.2) is 54.6 Å². The predicted octanol–water partition coefficient (Wildman–Crippen LogP) is 2.43. The highest BCUT2D eigenvalue weighted by Gasteiger charge is 2.21. The number of hydrogen-bond acceptors (Lipinski definition) is 5. The number of rotatable bonds is 9. The van der Waals surface area contributed by atoms with Crippen molar-refractivity contribution in [2.24, 2.45) is 0 Å². The normalized spacial score (nSPS) is 11.4. The SMILES string of the molecule is CCOC(=O)c1ccc(NC(=O)C(CC(=O)O)NCc2ccccc2)cc1. The minimum Gasteiger partial charge on any atom is -0.481 e. The second kappa shape index (κ2) is 10.1. The number of carbonyl (C=O) groups excluding carboxylic acids is 2. The predicted molar refractivity (Wildman–Crippen MR) is 100 cm³/mol. The van der Waals surface area contributed by atoms with Crippen LogP contribution in [0.5, 0.6) is 0 Å². The second-order valence-electron chi connectivity index (χ2n) is 5.80. The lowest BCUT2D eigenvalue weighted by Gasteiger charge is -2.17. The van der Waals surface area contributed by atoms with Crippen LogP contribution in [0.1, 0.15) is 29.3 Å². The molecule has 2 aromatic rings. The largest absolute Gasteiger partial charge is 0.481 e. The summed E-state index contributed by atoms with van der Waals surface area (Å²) < 4.78 is 4.90. The van der Waals surface area contributed by atoms with Crippen LogP contribution in [0.2, 0.25) is 0 Å². The van der Waals surface area contributed by atoms with Crippen LogP contribution >= 0.6 is 0 Å². The summed E-state index contributed by atoms with van der Waals surface area (Å²) in [6.45, 7) is 2.37. The molecule has 0 aliphatic carbocycles. The molecule has 0 radical (unpaired) electrons. The number of esters is 1. The summed E-state index contributed by atoms with van der Waals surface area (Å²) in [6, 6.07) is 14.7. The van der Waals surface area contributed by atoms with E-state index in [1.165, 1.54) is 12.1 Å². The number of hydrogen-bond donors (Lipinski definition) is 3. The van der Waals surface area contributed by atoms with E-state index in [-0.39, 0.29) is 13.0 Å². The quantitative estimate of drug-likeness (QED) is 0.586. The van der Waals surface area contributed by atoms with Crippen LogP contribution < -0.4 is 10.6 Å².